The zero-order valence-electron chi connectivity index (χ0n) is 17.8. The van der Waals surface area contributed by atoms with E-state index in [1.807, 2.05) is 0 Å². The van der Waals surface area contributed by atoms with Gasteiger partial charge in [-0.3, -0.25) is 14.3 Å². The molecule has 1 aromatic heterocycles. The Bertz CT molecular complexity index is 1080. The van der Waals surface area contributed by atoms with Gasteiger partial charge in [0.05, 0.1) is 37.1 Å². The summed E-state index contributed by atoms with van der Waals surface area (Å²) in [4.78, 5) is 36.9. The van der Waals surface area contributed by atoms with Crippen molar-refractivity contribution in [2.24, 2.45) is 11.7 Å². The van der Waals surface area contributed by atoms with Gasteiger partial charge in [-0.25, -0.2) is 9.18 Å². The van der Waals surface area contributed by atoms with Crippen molar-refractivity contribution < 1.29 is 28.6 Å². The van der Waals surface area contributed by atoms with Crippen LogP contribution in [-0.2, 0) is 9.53 Å². The van der Waals surface area contributed by atoms with Crippen LogP contribution in [0.25, 0.3) is 0 Å². The lowest BCUT2D eigenvalue weighted by Gasteiger charge is -2.40. The van der Waals surface area contributed by atoms with E-state index >= 15 is 0 Å². The van der Waals surface area contributed by atoms with Gasteiger partial charge in [-0.1, -0.05) is 0 Å². The predicted molar refractivity (Wildman–Crippen MR) is 113 cm³/mol. The molecular weight excluding hydrogens is 435 g/mol. The van der Waals surface area contributed by atoms with Gasteiger partial charge in [-0.15, -0.1) is 0 Å². The molecule has 1 aliphatic rings. The van der Waals surface area contributed by atoms with Gasteiger partial charge in [0, 0.05) is 18.4 Å². The highest BCUT2D eigenvalue weighted by atomic mass is 19.1. The highest BCUT2D eigenvalue weighted by molar-refractivity contribution is 5.98. The summed E-state index contributed by atoms with van der Waals surface area (Å²) in [6.07, 6.45) is 0.0558. The molecule has 1 aliphatic heterocycles. The summed E-state index contributed by atoms with van der Waals surface area (Å²) in [6, 6.07) is 5.88. The predicted octanol–water partition coefficient (Wildman–Crippen LogP) is 2.25. The van der Waals surface area contributed by atoms with E-state index in [0.29, 0.717) is 5.69 Å². The number of primary amides is 1. The van der Waals surface area contributed by atoms with Crippen molar-refractivity contribution in [1.82, 2.24) is 14.7 Å². The number of nitrogens with two attached hydrogens (primary N) is 1. The first-order valence-electron chi connectivity index (χ1n) is 10.2. The summed E-state index contributed by atoms with van der Waals surface area (Å²) in [6.45, 7) is 1.80. The van der Waals surface area contributed by atoms with Crippen LogP contribution in [0.3, 0.4) is 0 Å². The number of hydrogen-bond acceptors (Lipinski definition) is 7. The van der Waals surface area contributed by atoms with Crippen molar-refractivity contribution in [2.75, 3.05) is 18.5 Å². The molecule has 0 saturated carbocycles. The van der Waals surface area contributed by atoms with Crippen LogP contribution in [0.15, 0.2) is 30.5 Å². The number of piperidine rings is 1. The van der Waals surface area contributed by atoms with Crippen LogP contribution >= 0.6 is 0 Å². The number of ether oxygens (including phenoxy) is 1. The van der Waals surface area contributed by atoms with Crippen LogP contribution in [0.1, 0.15) is 36.2 Å². The average molecular weight is 458 g/mol. The minimum Gasteiger partial charge on any atom is -0.466 e. The number of amides is 2. The number of nitriles is 1. The van der Waals surface area contributed by atoms with Gasteiger partial charge in [-0.05, 0) is 37.6 Å². The van der Waals surface area contributed by atoms with Gasteiger partial charge in [-0.2, -0.15) is 10.4 Å². The largest absolute Gasteiger partial charge is 0.466 e. The minimum absolute atomic E-state index is 0.0404. The average Bonchev–Trinajstić information content (AvgIpc) is 3.19. The Balaban J connectivity index is 1.94. The number of carbonyl (C=O) groups excluding carboxylic acids is 2. The molecule has 0 spiro atoms. The van der Waals surface area contributed by atoms with Crippen molar-refractivity contribution in [1.29, 1.82) is 5.26 Å². The third-order valence-electron chi connectivity index (χ3n) is 5.42. The second kappa shape index (κ2) is 9.99. The smallest absolute Gasteiger partial charge is 0.407 e. The second-order valence-electron chi connectivity index (χ2n) is 7.43. The first kappa shape index (κ1) is 23.5. The lowest BCUT2D eigenvalue weighted by atomic mass is 9.84. The molecule has 1 unspecified atom stereocenters. The van der Waals surface area contributed by atoms with Gasteiger partial charge < -0.3 is 25.8 Å². The van der Waals surface area contributed by atoms with Crippen molar-refractivity contribution in [3.8, 4) is 6.07 Å². The molecular formula is C21H23FN6O5. The number of nitrogens with zero attached hydrogens (tertiary/aromatic N) is 4. The third-order valence-corrected chi connectivity index (χ3v) is 5.42. The normalized spacial score (nSPS) is 20.0. The summed E-state index contributed by atoms with van der Waals surface area (Å²) in [7, 11) is 0. The molecule has 11 nitrogen and oxygen atoms in total. The molecule has 33 heavy (non-hydrogen) atoms. The Morgan fingerprint density at radius 3 is 2.64 bits per heavy atom. The van der Waals surface area contributed by atoms with E-state index in [9.17, 15) is 29.1 Å². The molecule has 1 fully saturated rings. The maximum Gasteiger partial charge on any atom is 0.407 e. The number of aromatic nitrogens is 2. The summed E-state index contributed by atoms with van der Waals surface area (Å²) in [5, 5.41) is 26.7. The second-order valence-corrected chi connectivity index (χ2v) is 7.43. The Morgan fingerprint density at radius 1 is 1.36 bits per heavy atom. The maximum atomic E-state index is 13.2. The van der Waals surface area contributed by atoms with Crippen LogP contribution in [0.4, 0.5) is 20.7 Å². The van der Waals surface area contributed by atoms with Crippen molar-refractivity contribution >= 4 is 29.5 Å². The van der Waals surface area contributed by atoms with E-state index in [-0.39, 0.29) is 37.4 Å². The quantitative estimate of drug-likeness (QED) is 0.532. The summed E-state index contributed by atoms with van der Waals surface area (Å²) in [5.41, 5.74) is 5.99. The third kappa shape index (κ3) is 5.20. The van der Waals surface area contributed by atoms with Crippen LogP contribution in [0.2, 0.25) is 0 Å². The number of anilines is 2. The van der Waals surface area contributed by atoms with Gasteiger partial charge in [0.25, 0.3) is 5.91 Å². The summed E-state index contributed by atoms with van der Waals surface area (Å²) >= 11 is 0. The van der Waals surface area contributed by atoms with Gasteiger partial charge >= 0.3 is 12.1 Å². The number of esters is 1. The van der Waals surface area contributed by atoms with Gasteiger partial charge in [0.1, 0.15) is 11.4 Å². The SMILES string of the molecule is CCOC(=O)CC1[C@@H](C#N)[C@@H](n2cc(C(N)=O)c(Nc3ccc(F)cc3)n2)CCN1C(=O)O. The number of benzene rings is 1. The molecule has 1 saturated heterocycles. The number of halogens is 1. The fraction of sp³-hybridized carbons (Fsp3) is 0.381. The highest BCUT2D eigenvalue weighted by Gasteiger charge is 2.43. The first-order chi connectivity index (χ1) is 15.7. The van der Waals surface area contributed by atoms with E-state index in [4.69, 9.17) is 10.5 Å². The Hall–Kier alpha value is -4.14. The minimum atomic E-state index is -1.25. The van der Waals surface area contributed by atoms with Crippen molar-refractivity contribution in [2.45, 2.75) is 31.8 Å². The molecule has 0 aliphatic carbocycles. The number of carboxylic acid groups (broad SMARTS) is 1. The Kier molecular flexibility index (Phi) is 7.12. The van der Waals surface area contributed by atoms with Crippen molar-refractivity contribution in [3.63, 3.8) is 0 Å². The van der Waals surface area contributed by atoms with E-state index in [1.54, 1.807) is 6.92 Å². The number of likely N-dealkylation sites (tertiary alicyclic amines) is 1. The zero-order chi connectivity index (χ0) is 24.1. The monoisotopic (exact) mass is 458 g/mol. The lowest BCUT2D eigenvalue weighted by Crippen LogP contribution is -2.52. The molecule has 0 radical (unpaired) electrons. The Labute approximate surface area is 188 Å². The number of carbonyl (C=O) groups is 3. The zero-order valence-corrected chi connectivity index (χ0v) is 17.8. The van der Waals surface area contributed by atoms with Crippen molar-refractivity contribution in [3.05, 3.63) is 41.8 Å². The van der Waals surface area contributed by atoms with Crippen LogP contribution in [0.5, 0.6) is 0 Å². The lowest BCUT2D eigenvalue weighted by molar-refractivity contribution is -0.145. The molecule has 4 N–H and O–H groups in total. The van der Waals surface area contributed by atoms with E-state index in [1.165, 1.54) is 35.1 Å². The molecule has 12 heteroatoms. The molecule has 3 atom stereocenters. The molecule has 2 aromatic rings. The fourth-order valence-electron chi connectivity index (χ4n) is 3.91. The first-order valence-corrected chi connectivity index (χ1v) is 10.2. The molecule has 2 heterocycles. The molecule has 174 valence electrons. The number of rotatable bonds is 7. The summed E-state index contributed by atoms with van der Waals surface area (Å²) in [5.74, 6) is -2.67. The summed E-state index contributed by atoms with van der Waals surface area (Å²) < 4.78 is 19.5. The molecule has 1 aromatic carbocycles. The Morgan fingerprint density at radius 2 is 2.06 bits per heavy atom. The van der Waals surface area contributed by atoms with Gasteiger partial charge in [0.2, 0.25) is 0 Å². The van der Waals surface area contributed by atoms with E-state index < -0.39 is 41.8 Å². The van der Waals surface area contributed by atoms with Gasteiger partial charge in [0.15, 0.2) is 5.82 Å². The molecule has 0 bridgehead atoms. The maximum absolute atomic E-state index is 13.2. The standard InChI is InChI=1S/C21H23FN6O5/c1-2-33-18(29)9-17-14(10-23)16(7-8-27(17)21(31)32)28-11-15(19(24)30)20(26-28)25-13-5-3-12(22)4-6-13/h3-6,11,14,16-17H,2,7-9H2,1H3,(H2,24,30)(H,25,26)(H,31,32)/t14-,16-,17?/m0/s1. The topological polar surface area (TPSA) is 164 Å². The van der Waals surface area contributed by atoms with E-state index in [0.717, 1.165) is 4.90 Å². The van der Waals surface area contributed by atoms with Crippen LogP contribution in [-0.4, -0.2) is 57.0 Å². The van der Waals surface area contributed by atoms with E-state index in [2.05, 4.69) is 16.5 Å². The molecule has 2 amide bonds. The fourth-order valence-corrected chi connectivity index (χ4v) is 3.91. The van der Waals surface area contributed by atoms with Crippen LogP contribution in [0, 0.1) is 23.1 Å². The molecule has 3 rings (SSSR count). The number of hydrogen-bond donors (Lipinski definition) is 3. The van der Waals surface area contributed by atoms with Crippen LogP contribution < -0.4 is 11.1 Å². The highest BCUT2D eigenvalue weighted by Crippen LogP contribution is 2.35. The number of nitrogens with one attached hydrogen (secondary N) is 1.